The van der Waals surface area contributed by atoms with E-state index in [0.717, 1.165) is 38.1 Å². The third kappa shape index (κ3) is 4.06. The minimum atomic E-state index is -0.159. The molecule has 2 unspecified atom stereocenters. The Morgan fingerprint density at radius 2 is 1.83 bits per heavy atom. The summed E-state index contributed by atoms with van der Waals surface area (Å²) in [5, 5.41) is 0. The highest BCUT2D eigenvalue weighted by Gasteiger charge is 2.33. The zero-order valence-electron chi connectivity index (χ0n) is 17.5. The molecule has 0 aliphatic carbocycles. The number of likely N-dealkylation sites (tertiary alicyclic amines) is 1. The van der Waals surface area contributed by atoms with Gasteiger partial charge in [-0.15, -0.1) is 0 Å². The molecular weight excluding hydrogens is 361 g/mol. The summed E-state index contributed by atoms with van der Waals surface area (Å²) in [7, 11) is 0. The van der Waals surface area contributed by atoms with Crippen LogP contribution in [0.1, 0.15) is 42.9 Å². The third-order valence-electron chi connectivity index (χ3n) is 7.20. The second-order valence-electron chi connectivity index (χ2n) is 9.16. The number of rotatable bonds is 4. The van der Waals surface area contributed by atoms with Gasteiger partial charge in [-0.2, -0.15) is 0 Å². The Bertz CT molecular complexity index is 850. The highest BCUT2D eigenvalue weighted by molar-refractivity contribution is 5.52. The minimum absolute atomic E-state index is 0.159. The SMILES string of the molecule is CC1CCCN1C1CCN(c2ccc3c(c2)CCN(Cc2ccc(F)cc2)C3)C1. The van der Waals surface area contributed by atoms with E-state index in [4.69, 9.17) is 0 Å². The molecule has 0 radical (unpaired) electrons. The lowest BCUT2D eigenvalue weighted by atomic mass is 9.98. The normalized spacial score (nSPS) is 25.5. The van der Waals surface area contributed by atoms with Gasteiger partial charge in [-0.05, 0) is 80.1 Å². The number of fused-ring (bicyclic) bond motifs is 1. The number of benzene rings is 2. The van der Waals surface area contributed by atoms with Crippen LogP contribution in [0.15, 0.2) is 42.5 Å². The molecule has 2 saturated heterocycles. The molecule has 3 aliphatic heterocycles. The second-order valence-corrected chi connectivity index (χ2v) is 9.16. The van der Waals surface area contributed by atoms with E-state index in [1.807, 2.05) is 12.1 Å². The third-order valence-corrected chi connectivity index (χ3v) is 7.20. The van der Waals surface area contributed by atoms with Crippen LogP contribution in [0.3, 0.4) is 0 Å². The Hall–Kier alpha value is -1.91. The highest BCUT2D eigenvalue weighted by atomic mass is 19.1. The fourth-order valence-corrected chi connectivity index (χ4v) is 5.52. The van der Waals surface area contributed by atoms with Gasteiger partial charge in [0, 0.05) is 50.5 Å². The number of anilines is 1. The molecule has 2 aromatic rings. The van der Waals surface area contributed by atoms with Crippen LogP contribution in [0.5, 0.6) is 0 Å². The molecule has 0 amide bonds. The van der Waals surface area contributed by atoms with Crippen LogP contribution in [0.2, 0.25) is 0 Å². The van der Waals surface area contributed by atoms with Crippen molar-refractivity contribution in [1.82, 2.24) is 9.80 Å². The molecule has 0 aromatic heterocycles. The first-order valence-electron chi connectivity index (χ1n) is 11.2. The largest absolute Gasteiger partial charge is 0.370 e. The fourth-order valence-electron chi connectivity index (χ4n) is 5.52. The summed E-state index contributed by atoms with van der Waals surface area (Å²) in [6.07, 6.45) is 5.13. The van der Waals surface area contributed by atoms with E-state index in [1.165, 1.54) is 61.3 Å². The van der Waals surface area contributed by atoms with Gasteiger partial charge in [-0.1, -0.05) is 18.2 Å². The van der Waals surface area contributed by atoms with Crippen LogP contribution in [-0.4, -0.2) is 48.1 Å². The molecule has 3 heterocycles. The highest BCUT2D eigenvalue weighted by Crippen LogP contribution is 2.31. The predicted molar refractivity (Wildman–Crippen MR) is 117 cm³/mol. The molecule has 0 spiro atoms. The first-order chi connectivity index (χ1) is 14.2. The van der Waals surface area contributed by atoms with Crippen molar-refractivity contribution in [3.05, 3.63) is 65.0 Å². The van der Waals surface area contributed by atoms with E-state index in [9.17, 15) is 4.39 Å². The maximum atomic E-state index is 13.1. The van der Waals surface area contributed by atoms with Crippen LogP contribution in [0, 0.1) is 5.82 Å². The first kappa shape index (κ1) is 19.1. The van der Waals surface area contributed by atoms with Crippen LogP contribution in [-0.2, 0) is 19.5 Å². The molecule has 0 saturated carbocycles. The van der Waals surface area contributed by atoms with Crippen molar-refractivity contribution in [1.29, 1.82) is 0 Å². The van der Waals surface area contributed by atoms with Gasteiger partial charge < -0.3 is 4.90 Å². The molecule has 2 atom stereocenters. The zero-order valence-corrected chi connectivity index (χ0v) is 17.5. The predicted octanol–water partition coefficient (Wildman–Crippen LogP) is 4.45. The van der Waals surface area contributed by atoms with E-state index in [0.29, 0.717) is 0 Å². The maximum Gasteiger partial charge on any atom is 0.123 e. The number of nitrogens with zero attached hydrogens (tertiary/aromatic N) is 3. The summed E-state index contributed by atoms with van der Waals surface area (Å²) >= 11 is 0. The monoisotopic (exact) mass is 393 g/mol. The standard InChI is InChI=1S/C25H32FN3/c1-19-3-2-12-29(19)25-11-14-28(18-25)24-9-6-22-17-27(13-10-21(22)15-24)16-20-4-7-23(26)8-5-20/h4-9,15,19,25H,2-3,10-14,16-18H2,1H3. The van der Waals surface area contributed by atoms with Gasteiger partial charge in [0.15, 0.2) is 0 Å². The lowest BCUT2D eigenvalue weighted by molar-refractivity contribution is 0.204. The topological polar surface area (TPSA) is 9.72 Å². The van der Waals surface area contributed by atoms with Crippen LogP contribution in [0.4, 0.5) is 10.1 Å². The van der Waals surface area contributed by atoms with Crippen LogP contribution < -0.4 is 4.90 Å². The van der Waals surface area contributed by atoms with E-state index < -0.39 is 0 Å². The molecule has 5 rings (SSSR count). The Morgan fingerprint density at radius 3 is 2.62 bits per heavy atom. The van der Waals surface area contributed by atoms with Gasteiger partial charge in [0.2, 0.25) is 0 Å². The molecule has 3 aliphatic rings. The average Bonchev–Trinajstić information content (AvgIpc) is 3.38. The second kappa shape index (κ2) is 8.08. The van der Waals surface area contributed by atoms with E-state index in [1.54, 1.807) is 12.1 Å². The summed E-state index contributed by atoms with van der Waals surface area (Å²) in [5.74, 6) is -0.159. The number of halogens is 1. The summed E-state index contributed by atoms with van der Waals surface area (Å²) in [5.41, 5.74) is 5.55. The van der Waals surface area contributed by atoms with E-state index >= 15 is 0 Å². The Kier molecular flexibility index (Phi) is 5.31. The molecule has 154 valence electrons. The molecule has 3 nitrogen and oxygen atoms in total. The van der Waals surface area contributed by atoms with Crippen molar-refractivity contribution in [3.8, 4) is 0 Å². The van der Waals surface area contributed by atoms with Crippen molar-refractivity contribution in [2.45, 2.75) is 57.8 Å². The first-order valence-corrected chi connectivity index (χ1v) is 11.2. The van der Waals surface area contributed by atoms with Crippen molar-refractivity contribution in [3.63, 3.8) is 0 Å². The Balaban J connectivity index is 1.23. The van der Waals surface area contributed by atoms with Gasteiger partial charge in [0.1, 0.15) is 5.82 Å². The van der Waals surface area contributed by atoms with Crippen molar-refractivity contribution in [2.24, 2.45) is 0 Å². The van der Waals surface area contributed by atoms with E-state index in [-0.39, 0.29) is 5.82 Å². The lowest BCUT2D eigenvalue weighted by Gasteiger charge is -2.31. The van der Waals surface area contributed by atoms with Crippen LogP contribution in [0.25, 0.3) is 0 Å². The fraction of sp³-hybridized carbons (Fsp3) is 0.520. The van der Waals surface area contributed by atoms with Crippen molar-refractivity contribution >= 4 is 5.69 Å². The smallest absolute Gasteiger partial charge is 0.123 e. The molecule has 4 heteroatoms. The zero-order chi connectivity index (χ0) is 19.8. The Labute approximate surface area is 174 Å². The van der Waals surface area contributed by atoms with Crippen LogP contribution >= 0.6 is 0 Å². The van der Waals surface area contributed by atoms with E-state index in [2.05, 4.69) is 39.8 Å². The summed E-state index contributed by atoms with van der Waals surface area (Å²) in [4.78, 5) is 7.81. The molecule has 2 aromatic carbocycles. The van der Waals surface area contributed by atoms with Crippen molar-refractivity contribution in [2.75, 3.05) is 31.1 Å². The Morgan fingerprint density at radius 1 is 0.966 bits per heavy atom. The van der Waals surface area contributed by atoms with Gasteiger partial charge >= 0.3 is 0 Å². The van der Waals surface area contributed by atoms with Gasteiger partial charge in [0.25, 0.3) is 0 Å². The molecule has 0 N–H and O–H groups in total. The molecule has 29 heavy (non-hydrogen) atoms. The lowest BCUT2D eigenvalue weighted by Crippen LogP contribution is -2.39. The average molecular weight is 394 g/mol. The quantitative estimate of drug-likeness (QED) is 0.760. The maximum absolute atomic E-state index is 13.1. The molecule has 0 bridgehead atoms. The number of hydrogen-bond acceptors (Lipinski definition) is 3. The summed E-state index contributed by atoms with van der Waals surface area (Å²) in [6, 6.07) is 15.5. The minimum Gasteiger partial charge on any atom is -0.370 e. The summed E-state index contributed by atoms with van der Waals surface area (Å²) < 4.78 is 13.1. The molecular formula is C25H32FN3. The van der Waals surface area contributed by atoms with Gasteiger partial charge in [-0.25, -0.2) is 4.39 Å². The summed E-state index contributed by atoms with van der Waals surface area (Å²) in [6.45, 7) is 9.00. The van der Waals surface area contributed by atoms with Gasteiger partial charge in [0.05, 0.1) is 0 Å². The number of hydrogen-bond donors (Lipinski definition) is 0. The van der Waals surface area contributed by atoms with Gasteiger partial charge in [-0.3, -0.25) is 9.80 Å². The van der Waals surface area contributed by atoms with Crippen molar-refractivity contribution < 1.29 is 4.39 Å². The molecule has 2 fully saturated rings.